The Bertz CT molecular complexity index is 1450. The fraction of sp³-hybridized carbons (Fsp3) is 0.333. The molecule has 0 aliphatic rings. The van der Waals surface area contributed by atoms with Crippen LogP contribution in [-0.4, -0.2) is 61.4 Å². The summed E-state index contributed by atoms with van der Waals surface area (Å²) in [4.78, 5) is 30.2. The number of methoxy groups -OCH3 is 3. The Hall–Kier alpha value is -4.70. The molecule has 0 aliphatic heterocycles. The Kier molecular flexibility index (Phi) is 11.7. The molecule has 226 valence electrons. The molecule has 0 fully saturated rings. The van der Waals surface area contributed by atoms with Gasteiger partial charge in [-0.1, -0.05) is 35.5 Å². The Morgan fingerprint density at radius 2 is 1.63 bits per heavy atom. The van der Waals surface area contributed by atoms with Gasteiger partial charge in [-0.15, -0.1) is 0 Å². The standard InChI is InChI=1S/C33H37N3O7/c1-39-28-17-15-26(16-18-28)32-34-30(35-43-32)23-42-29-9-5-4-8-25(29)19-21-36(20-7-6-10-31(37)40-2)22-24-11-13-27(14-12-24)33(38)41-3/h4-5,8-9,11-18H,6-7,10,19-23H2,1-3H3. The molecule has 3 aromatic carbocycles. The van der Waals surface area contributed by atoms with Crippen molar-refractivity contribution in [3.63, 3.8) is 0 Å². The quantitative estimate of drug-likeness (QED) is 0.123. The molecule has 10 nitrogen and oxygen atoms in total. The lowest BCUT2D eigenvalue weighted by Crippen LogP contribution is -2.27. The van der Waals surface area contributed by atoms with E-state index in [0.717, 1.165) is 60.5 Å². The molecule has 0 saturated carbocycles. The van der Waals surface area contributed by atoms with Crippen molar-refractivity contribution in [3.8, 4) is 23.0 Å². The second kappa shape index (κ2) is 16.1. The van der Waals surface area contributed by atoms with E-state index in [1.165, 1.54) is 14.2 Å². The zero-order valence-electron chi connectivity index (χ0n) is 24.8. The summed E-state index contributed by atoms with van der Waals surface area (Å²) in [6.07, 6.45) is 2.73. The molecule has 0 unspecified atom stereocenters. The van der Waals surface area contributed by atoms with Crippen LogP contribution in [0.15, 0.2) is 77.3 Å². The van der Waals surface area contributed by atoms with Crippen LogP contribution in [0.1, 0.15) is 46.6 Å². The summed E-state index contributed by atoms with van der Waals surface area (Å²) in [7, 11) is 4.40. The molecular weight excluding hydrogens is 550 g/mol. The molecule has 0 atom stereocenters. The molecule has 0 aliphatic carbocycles. The van der Waals surface area contributed by atoms with E-state index in [1.807, 2.05) is 54.6 Å². The van der Waals surface area contributed by atoms with Gasteiger partial charge in [-0.05, 0) is 79.4 Å². The molecule has 4 rings (SSSR count). The first-order valence-electron chi connectivity index (χ1n) is 14.1. The first-order chi connectivity index (χ1) is 21.0. The Labute approximate surface area is 251 Å². The van der Waals surface area contributed by atoms with E-state index in [2.05, 4.69) is 21.1 Å². The molecular formula is C33H37N3O7. The van der Waals surface area contributed by atoms with Gasteiger partial charge in [0.1, 0.15) is 11.5 Å². The van der Waals surface area contributed by atoms with Crippen molar-refractivity contribution in [2.24, 2.45) is 0 Å². The third-order valence-electron chi connectivity index (χ3n) is 6.95. The predicted molar refractivity (Wildman–Crippen MR) is 160 cm³/mol. The van der Waals surface area contributed by atoms with Crippen LogP contribution in [0.5, 0.6) is 11.5 Å². The van der Waals surface area contributed by atoms with E-state index in [0.29, 0.717) is 30.2 Å². The van der Waals surface area contributed by atoms with Crippen LogP contribution in [0.2, 0.25) is 0 Å². The second-order valence-corrected chi connectivity index (χ2v) is 9.89. The molecule has 43 heavy (non-hydrogen) atoms. The first kappa shape index (κ1) is 31.2. The number of para-hydroxylation sites is 1. The normalized spacial score (nSPS) is 10.9. The number of carbonyl (C=O) groups is 2. The number of ether oxygens (including phenoxy) is 4. The summed E-state index contributed by atoms with van der Waals surface area (Å²) in [5, 5.41) is 4.07. The average Bonchev–Trinajstić information content (AvgIpc) is 3.53. The highest BCUT2D eigenvalue weighted by Gasteiger charge is 2.14. The third kappa shape index (κ3) is 9.40. The maximum atomic E-state index is 11.8. The van der Waals surface area contributed by atoms with E-state index >= 15 is 0 Å². The number of nitrogens with zero attached hydrogens (tertiary/aromatic N) is 3. The van der Waals surface area contributed by atoms with Crippen molar-refractivity contribution in [1.82, 2.24) is 15.0 Å². The number of hydrogen-bond acceptors (Lipinski definition) is 10. The molecule has 1 aromatic heterocycles. The monoisotopic (exact) mass is 587 g/mol. The van der Waals surface area contributed by atoms with E-state index in [9.17, 15) is 9.59 Å². The Morgan fingerprint density at radius 3 is 2.35 bits per heavy atom. The minimum absolute atomic E-state index is 0.167. The SMILES string of the molecule is COC(=O)CCCCN(CCc1ccccc1OCc1noc(-c2ccc(OC)cc2)n1)Cc1ccc(C(=O)OC)cc1. The minimum atomic E-state index is -0.361. The van der Waals surface area contributed by atoms with Crippen molar-refractivity contribution >= 4 is 11.9 Å². The van der Waals surface area contributed by atoms with Gasteiger partial charge in [0, 0.05) is 25.1 Å². The lowest BCUT2D eigenvalue weighted by atomic mass is 10.1. The summed E-state index contributed by atoms with van der Waals surface area (Å²) in [6, 6.07) is 22.7. The highest BCUT2D eigenvalue weighted by Crippen LogP contribution is 2.23. The number of carbonyl (C=O) groups excluding carboxylic acids is 2. The molecule has 10 heteroatoms. The number of aromatic nitrogens is 2. The Morgan fingerprint density at radius 1 is 0.860 bits per heavy atom. The number of esters is 2. The zero-order chi connectivity index (χ0) is 30.4. The highest BCUT2D eigenvalue weighted by atomic mass is 16.5. The molecule has 1 heterocycles. The van der Waals surface area contributed by atoms with Gasteiger partial charge in [-0.3, -0.25) is 9.69 Å². The van der Waals surface area contributed by atoms with E-state index in [1.54, 1.807) is 19.2 Å². The fourth-order valence-electron chi connectivity index (χ4n) is 4.53. The van der Waals surface area contributed by atoms with Crippen molar-refractivity contribution < 1.29 is 33.1 Å². The Balaban J connectivity index is 1.37. The van der Waals surface area contributed by atoms with E-state index in [4.69, 9.17) is 23.5 Å². The van der Waals surface area contributed by atoms with Gasteiger partial charge < -0.3 is 23.5 Å². The lowest BCUT2D eigenvalue weighted by molar-refractivity contribution is -0.140. The van der Waals surface area contributed by atoms with Crippen LogP contribution in [0.4, 0.5) is 0 Å². The molecule has 0 saturated heterocycles. The van der Waals surface area contributed by atoms with Gasteiger partial charge in [0.05, 0.1) is 26.9 Å². The van der Waals surface area contributed by atoms with Gasteiger partial charge >= 0.3 is 11.9 Å². The van der Waals surface area contributed by atoms with Crippen LogP contribution in [0.3, 0.4) is 0 Å². The van der Waals surface area contributed by atoms with Gasteiger partial charge in [0.2, 0.25) is 5.82 Å². The van der Waals surface area contributed by atoms with E-state index in [-0.39, 0.29) is 18.5 Å². The predicted octanol–water partition coefficient (Wildman–Crippen LogP) is 5.50. The van der Waals surface area contributed by atoms with Crippen LogP contribution in [-0.2, 0) is 33.8 Å². The summed E-state index contributed by atoms with van der Waals surface area (Å²) in [5.41, 5.74) is 3.45. The summed E-state index contributed by atoms with van der Waals surface area (Å²) in [5.74, 6) is 1.81. The van der Waals surface area contributed by atoms with Crippen molar-refractivity contribution in [2.45, 2.75) is 38.8 Å². The first-order valence-corrected chi connectivity index (χ1v) is 14.1. The molecule has 0 N–H and O–H groups in total. The van der Waals surface area contributed by atoms with Gasteiger partial charge in [-0.25, -0.2) is 4.79 Å². The number of hydrogen-bond donors (Lipinski definition) is 0. The van der Waals surface area contributed by atoms with E-state index < -0.39 is 0 Å². The maximum Gasteiger partial charge on any atom is 0.337 e. The zero-order valence-corrected chi connectivity index (χ0v) is 24.8. The molecule has 4 aromatic rings. The average molecular weight is 588 g/mol. The number of benzene rings is 3. The van der Waals surface area contributed by atoms with Crippen LogP contribution < -0.4 is 9.47 Å². The van der Waals surface area contributed by atoms with Gasteiger partial charge in [0.15, 0.2) is 6.61 Å². The maximum absolute atomic E-state index is 11.8. The number of rotatable bonds is 16. The summed E-state index contributed by atoms with van der Waals surface area (Å²) >= 11 is 0. The fourth-order valence-corrected chi connectivity index (χ4v) is 4.53. The molecule has 0 spiro atoms. The van der Waals surface area contributed by atoms with Crippen LogP contribution >= 0.6 is 0 Å². The van der Waals surface area contributed by atoms with Gasteiger partial charge in [-0.2, -0.15) is 4.98 Å². The van der Waals surface area contributed by atoms with Crippen LogP contribution in [0, 0.1) is 0 Å². The van der Waals surface area contributed by atoms with Crippen molar-refractivity contribution in [2.75, 3.05) is 34.4 Å². The molecule has 0 amide bonds. The van der Waals surface area contributed by atoms with Crippen molar-refractivity contribution in [1.29, 1.82) is 0 Å². The largest absolute Gasteiger partial charge is 0.497 e. The summed E-state index contributed by atoms with van der Waals surface area (Å²) in [6.45, 7) is 2.43. The van der Waals surface area contributed by atoms with Crippen LogP contribution in [0.25, 0.3) is 11.5 Å². The lowest BCUT2D eigenvalue weighted by Gasteiger charge is -2.23. The van der Waals surface area contributed by atoms with Gasteiger partial charge in [0.25, 0.3) is 5.89 Å². The smallest absolute Gasteiger partial charge is 0.337 e. The van der Waals surface area contributed by atoms with Crippen molar-refractivity contribution in [3.05, 3.63) is 95.3 Å². The number of unbranched alkanes of at least 4 members (excludes halogenated alkanes) is 1. The second-order valence-electron chi connectivity index (χ2n) is 9.89. The summed E-state index contributed by atoms with van der Waals surface area (Å²) < 4.78 is 26.3. The topological polar surface area (TPSA) is 113 Å². The third-order valence-corrected chi connectivity index (χ3v) is 6.95. The molecule has 0 radical (unpaired) electrons. The minimum Gasteiger partial charge on any atom is -0.497 e. The molecule has 0 bridgehead atoms. The highest BCUT2D eigenvalue weighted by molar-refractivity contribution is 5.89.